The van der Waals surface area contributed by atoms with Crippen molar-refractivity contribution >= 4 is 5.91 Å². The van der Waals surface area contributed by atoms with Crippen LogP contribution in [0, 0.1) is 0 Å². The van der Waals surface area contributed by atoms with Gasteiger partial charge in [0, 0.05) is 13.1 Å². The fourth-order valence-corrected chi connectivity index (χ4v) is 2.41. The summed E-state index contributed by atoms with van der Waals surface area (Å²) >= 11 is 0. The molecule has 92 valence electrons. The van der Waals surface area contributed by atoms with Gasteiger partial charge in [-0.25, -0.2) is 0 Å². The lowest BCUT2D eigenvalue weighted by molar-refractivity contribution is -0.133. The molecule has 1 amide bonds. The fourth-order valence-electron chi connectivity index (χ4n) is 2.41. The van der Waals surface area contributed by atoms with Gasteiger partial charge in [-0.15, -0.1) is 0 Å². The molecule has 0 radical (unpaired) electrons. The van der Waals surface area contributed by atoms with Crippen LogP contribution in [0.5, 0.6) is 0 Å². The van der Waals surface area contributed by atoms with Gasteiger partial charge in [-0.05, 0) is 19.4 Å². The predicted molar refractivity (Wildman–Crippen MR) is 58.9 cm³/mol. The lowest BCUT2D eigenvalue weighted by Crippen LogP contribution is -2.45. The predicted octanol–water partition coefficient (Wildman–Crippen LogP) is -0.917. The van der Waals surface area contributed by atoms with Gasteiger partial charge in [0.25, 0.3) is 0 Å². The summed E-state index contributed by atoms with van der Waals surface area (Å²) < 4.78 is 0. The van der Waals surface area contributed by atoms with Crippen LogP contribution in [0.4, 0.5) is 0 Å². The van der Waals surface area contributed by atoms with Crippen molar-refractivity contribution in [2.45, 2.75) is 43.9 Å². The van der Waals surface area contributed by atoms with Crippen LogP contribution in [-0.4, -0.2) is 58.9 Å². The van der Waals surface area contributed by atoms with Crippen LogP contribution < -0.4 is 5.32 Å². The van der Waals surface area contributed by atoms with Crippen LogP contribution in [0.25, 0.3) is 0 Å². The third-order valence-corrected chi connectivity index (χ3v) is 3.43. The Morgan fingerprint density at radius 3 is 2.50 bits per heavy atom. The molecule has 0 saturated carbocycles. The molecule has 2 rings (SSSR count). The van der Waals surface area contributed by atoms with E-state index in [0.717, 1.165) is 25.8 Å². The van der Waals surface area contributed by atoms with Gasteiger partial charge in [-0.1, -0.05) is 12.8 Å². The van der Waals surface area contributed by atoms with Gasteiger partial charge in [0.05, 0.1) is 18.2 Å². The van der Waals surface area contributed by atoms with Crippen molar-refractivity contribution < 1.29 is 15.0 Å². The van der Waals surface area contributed by atoms with Crippen molar-refractivity contribution in [2.24, 2.45) is 0 Å². The first-order chi connectivity index (χ1) is 7.68. The summed E-state index contributed by atoms with van der Waals surface area (Å²) in [4.78, 5) is 13.7. The zero-order chi connectivity index (χ0) is 11.5. The molecule has 2 aliphatic heterocycles. The minimum absolute atomic E-state index is 0.0255. The standard InChI is InChI=1S/C11H20N2O3/c14-9-6-13(7-10(9)15)11(16)8-4-2-1-3-5-12-8/h8-10,12,14-15H,1-7H2/t8?,9-,10+. The van der Waals surface area contributed by atoms with Crippen LogP contribution in [0.2, 0.25) is 0 Å². The minimum atomic E-state index is -0.783. The second kappa shape index (κ2) is 5.12. The second-order valence-corrected chi connectivity index (χ2v) is 4.73. The van der Waals surface area contributed by atoms with Gasteiger partial charge in [-0.3, -0.25) is 4.79 Å². The molecule has 2 aliphatic rings. The van der Waals surface area contributed by atoms with E-state index in [1.165, 1.54) is 6.42 Å². The maximum atomic E-state index is 12.1. The Balaban J connectivity index is 1.91. The summed E-state index contributed by atoms with van der Waals surface area (Å²) in [7, 11) is 0. The maximum Gasteiger partial charge on any atom is 0.239 e. The number of aliphatic hydroxyl groups excluding tert-OH is 2. The van der Waals surface area contributed by atoms with Gasteiger partial charge < -0.3 is 20.4 Å². The number of β-amino-alcohol motifs (C(OH)–C–C–N with tert-alkyl or cyclic N) is 2. The molecule has 0 aromatic carbocycles. The molecule has 1 unspecified atom stereocenters. The molecule has 2 fully saturated rings. The van der Waals surface area contributed by atoms with E-state index in [2.05, 4.69) is 5.32 Å². The molecule has 2 heterocycles. The number of nitrogens with one attached hydrogen (secondary N) is 1. The largest absolute Gasteiger partial charge is 0.388 e. The molecule has 16 heavy (non-hydrogen) atoms. The number of nitrogens with zero attached hydrogens (tertiary/aromatic N) is 1. The van der Waals surface area contributed by atoms with Crippen molar-refractivity contribution in [3.63, 3.8) is 0 Å². The highest BCUT2D eigenvalue weighted by Gasteiger charge is 2.35. The van der Waals surface area contributed by atoms with E-state index in [1.807, 2.05) is 0 Å². The molecule has 0 aromatic heterocycles. The number of hydrogen-bond acceptors (Lipinski definition) is 4. The van der Waals surface area contributed by atoms with Crippen molar-refractivity contribution in [3.8, 4) is 0 Å². The van der Waals surface area contributed by atoms with E-state index in [0.29, 0.717) is 0 Å². The summed E-state index contributed by atoms with van der Waals surface area (Å²) in [5.74, 6) is 0.0255. The zero-order valence-electron chi connectivity index (χ0n) is 9.43. The van der Waals surface area contributed by atoms with E-state index in [1.54, 1.807) is 4.90 Å². The van der Waals surface area contributed by atoms with Gasteiger partial charge in [0.2, 0.25) is 5.91 Å². The molecular weight excluding hydrogens is 208 g/mol. The highest BCUT2D eigenvalue weighted by atomic mass is 16.3. The highest BCUT2D eigenvalue weighted by molar-refractivity contribution is 5.82. The molecule has 0 spiro atoms. The molecule has 0 bridgehead atoms. The summed E-state index contributed by atoms with van der Waals surface area (Å²) in [6.07, 6.45) is 2.66. The van der Waals surface area contributed by atoms with Crippen LogP contribution in [0.1, 0.15) is 25.7 Å². The topological polar surface area (TPSA) is 72.8 Å². The number of aliphatic hydroxyl groups is 2. The lowest BCUT2D eigenvalue weighted by Gasteiger charge is -2.22. The zero-order valence-corrected chi connectivity index (χ0v) is 9.43. The average molecular weight is 228 g/mol. The first kappa shape index (κ1) is 11.8. The number of likely N-dealkylation sites (tertiary alicyclic amines) is 1. The molecule has 5 heteroatoms. The summed E-state index contributed by atoms with van der Waals surface area (Å²) in [5.41, 5.74) is 0. The lowest BCUT2D eigenvalue weighted by atomic mass is 10.1. The third kappa shape index (κ3) is 2.53. The Kier molecular flexibility index (Phi) is 3.78. The molecule has 3 atom stereocenters. The van der Waals surface area contributed by atoms with Crippen LogP contribution in [0.15, 0.2) is 0 Å². The highest BCUT2D eigenvalue weighted by Crippen LogP contribution is 2.15. The van der Waals surface area contributed by atoms with Crippen molar-refractivity contribution in [3.05, 3.63) is 0 Å². The number of hydrogen-bond donors (Lipinski definition) is 3. The third-order valence-electron chi connectivity index (χ3n) is 3.43. The minimum Gasteiger partial charge on any atom is -0.388 e. The molecule has 3 N–H and O–H groups in total. The van der Waals surface area contributed by atoms with Crippen molar-refractivity contribution in [1.82, 2.24) is 10.2 Å². The number of carbonyl (C=O) groups is 1. The Morgan fingerprint density at radius 2 is 1.81 bits per heavy atom. The smallest absolute Gasteiger partial charge is 0.239 e. The Morgan fingerprint density at radius 1 is 1.12 bits per heavy atom. The molecule has 0 aromatic rings. The Labute approximate surface area is 95.4 Å². The normalized spacial score (nSPS) is 36.1. The molecular formula is C11H20N2O3. The van der Waals surface area contributed by atoms with Crippen LogP contribution >= 0.6 is 0 Å². The number of rotatable bonds is 1. The molecule has 0 aliphatic carbocycles. The van der Waals surface area contributed by atoms with Crippen molar-refractivity contribution in [2.75, 3.05) is 19.6 Å². The molecule has 2 saturated heterocycles. The van der Waals surface area contributed by atoms with Crippen LogP contribution in [-0.2, 0) is 4.79 Å². The van der Waals surface area contributed by atoms with Crippen LogP contribution in [0.3, 0.4) is 0 Å². The van der Waals surface area contributed by atoms with Gasteiger partial charge in [0.15, 0.2) is 0 Å². The van der Waals surface area contributed by atoms with Gasteiger partial charge in [0.1, 0.15) is 0 Å². The first-order valence-electron chi connectivity index (χ1n) is 6.07. The SMILES string of the molecule is O=C(C1CCCCCN1)N1C[C@@H](O)[C@@H](O)C1. The second-order valence-electron chi connectivity index (χ2n) is 4.73. The Bertz CT molecular complexity index is 238. The fraction of sp³-hybridized carbons (Fsp3) is 0.909. The van der Waals surface area contributed by atoms with E-state index in [4.69, 9.17) is 0 Å². The summed E-state index contributed by atoms with van der Waals surface area (Å²) in [6.45, 7) is 1.41. The number of carbonyl (C=O) groups excluding carboxylic acids is 1. The van der Waals surface area contributed by atoms with E-state index >= 15 is 0 Å². The first-order valence-corrected chi connectivity index (χ1v) is 6.07. The van der Waals surface area contributed by atoms with E-state index < -0.39 is 12.2 Å². The average Bonchev–Trinajstić information content (AvgIpc) is 2.51. The summed E-state index contributed by atoms with van der Waals surface area (Å²) in [6, 6.07) is -0.125. The Hall–Kier alpha value is -0.650. The van der Waals surface area contributed by atoms with Crippen molar-refractivity contribution in [1.29, 1.82) is 0 Å². The van der Waals surface area contributed by atoms with E-state index in [-0.39, 0.29) is 25.0 Å². The monoisotopic (exact) mass is 228 g/mol. The summed E-state index contributed by atoms with van der Waals surface area (Å²) in [5, 5.41) is 22.0. The van der Waals surface area contributed by atoms with E-state index in [9.17, 15) is 15.0 Å². The van der Waals surface area contributed by atoms with Gasteiger partial charge in [-0.2, -0.15) is 0 Å². The molecule has 5 nitrogen and oxygen atoms in total. The maximum absolute atomic E-state index is 12.1. The number of amides is 1. The quantitative estimate of drug-likeness (QED) is 0.543. The van der Waals surface area contributed by atoms with Gasteiger partial charge >= 0.3 is 0 Å².